The van der Waals surface area contributed by atoms with Gasteiger partial charge >= 0.3 is 0 Å². The summed E-state index contributed by atoms with van der Waals surface area (Å²) in [5.41, 5.74) is 1.36. The molecule has 2 aliphatic heterocycles. The number of piperazine rings is 1. The molecule has 0 aromatic rings. The van der Waals surface area contributed by atoms with E-state index in [2.05, 4.69) is 33.8 Å². The minimum absolute atomic E-state index is 0.798. The highest BCUT2D eigenvalue weighted by atomic mass is 15.3. The van der Waals surface area contributed by atoms with Crippen LogP contribution in [0.2, 0.25) is 0 Å². The molecule has 1 atom stereocenters. The van der Waals surface area contributed by atoms with E-state index in [4.69, 9.17) is 0 Å². The van der Waals surface area contributed by atoms with E-state index in [1.54, 1.807) is 0 Å². The molecule has 84 valence electrons. The van der Waals surface area contributed by atoms with Crippen LogP contribution in [0, 0.1) is 11.8 Å². The van der Waals surface area contributed by atoms with Crippen molar-refractivity contribution in [1.29, 1.82) is 0 Å². The first-order valence-electron chi connectivity index (χ1n) is 6.27. The van der Waals surface area contributed by atoms with Gasteiger partial charge in [-0.05, 0) is 37.6 Å². The molecule has 3 aliphatic rings. The minimum Gasteiger partial charge on any atom is -0.369 e. The van der Waals surface area contributed by atoms with Gasteiger partial charge in [-0.3, -0.25) is 4.90 Å². The fraction of sp³-hybridized carbons (Fsp3) is 0.571. The average Bonchev–Trinajstić information content (AvgIpc) is 2.61. The highest BCUT2D eigenvalue weighted by Crippen LogP contribution is 2.24. The molecule has 2 fully saturated rings. The average molecular weight is 214 g/mol. The van der Waals surface area contributed by atoms with Gasteiger partial charge in [0, 0.05) is 37.8 Å². The van der Waals surface area contributed by atoms with Gasteiger partial charge in [0.25, 0.3) is 0 Å². The number of rotatable bonds is 1. The number of fused-ring (bicyclic) bond motifs is 1. The van der Waals surface area contributed by atoms with Crippen LogP contribution in [0.1, 0.15) is 19.3 Å². The summed E-state index contributed by atoms with van der Waals surface area (Å²) in [6.45, 7) is 4.93. The molecule has 0 N–H and O–H groups in total. The van der Waals surface area contributed by atoms with E-state index in [0.717, 1.165) is 12.5 Å². The maximum absolute atomic E-state index is 3.11. The Morgan fingerprint density at radius 1 is 1.25 bits per heavy atom. The molecule has 0 amide bonds. The number of hydrogen-bond acceptors (Lipinski definition) is 2. The standard InChI is InChI=1S/C14H18N2/c1-2-4-7-13(6-3-1)16-11-10-15-9-5-8-14(15)12-16/h3,6-7,14H,4-5,8-12H2. The van der Waals surface area contributed by atoms with Crippen molar-refractivity contribution in [2.24, 2.45) is 0 Å². The summed E-state index contributed by atoms with van der Waals surface area (Å²) in [5, 5.41) is 0. The molecule has 0 radical (unpaired) electrons. The molecule has 0 bridgehead atoms. The monoisotopic (exact) mass is 214 g/mol. The molecule has 1 aliphatic carbocycles. The van der Waals surface area contributed by atoms with E-state index < -0.39 is 0 Å². The maximum atomic E-state index is 3.11. The third-order valence-electron chi connectivity index (χ3n) is 3.81. The van der Waals surface area contributed by atoms with Crippen molar-refractivity contribution >= 4 is 0 Å². The fourth-order valence-electron chi connectivity index (χ4n) is 2.93. The Hall–Kier alpha value is -1.20. The molecule has 2 heteroatoms. The maximum Gasteiger partial charge on any atom is 0.0342 e. The van der Waals surface area contributed by atoms with Crippen molar-refractivity contribution in [2.75, 3.05) is 26.2 Å². The molecule has 0 saturated carbocycles. The van der Waals surface area contributed by atoms with Crippen LogP contribution in [0.5, 0.6) is 0 Å². The molecular formula is C14H18N2. The van der Waals surface area contributed by atoms with Crippen molar-refractivity contribution in [3.05, 3.63) is 23.9 Å². The highest BCUT2D eigenvalue weighted by Gasteiger charge is 2.30. The third-order valence-corrected chi connectivity index (χ3v) is 3.81. The molecule has 2 heterocycles. The van der Waals surface area contributed by atoms with Gasteiger partial charge < -0.3 is 4.90 Å². The van der Waals surface area contributed by atoms with E-state index in [9.17, 15) is 0 Å². The lowest BCUT2D eigenvalue weighted by molar-refractivity contribution is 0.132. The van der Waals surface area contributed by atoms with E-state index in [1.165, 1.54) is 44.7 Å². The molecular weight excluding hydrogens is 196 g/mol. The highest BCUT2D eigenvalue weighted by molar-refractivity contribution is 5.31. The topological polar surface area (TPSA) is 6.48 Å². The van der Waals surface area contributed by atoms with Gasteiger partial charge in [0.1, 0.15) is 0 Å². The van der Waals surface area contributed by atoms with E-state index in [0.29, 0.717) is 0 Å². The summed E-state index contributed by atoms with van der Waals surface area (Å²) < 4.78 is 0. The Bertz CT molecular complexity index is 383. The van der Waals surface area contributed by atoms with Crippen molar-refractivity contribution in [2.45, 2.75) is 25.3 Å². The van der Waals surface area contributed by atoms with Gasteiger partial charge in [-0.2, -0.15) is 0 Å². The molecule has 0 aromatic heterocycles. The minimum atomic E-state index is 0.798. The Morgan fingerprint density at radius 2 is 2.25 bits per heavy atom. The van der Waals surface area contributed by atoms with Crippen LogP contribution in [0.4, 0.5) is 0 Å². The second-order valence-electron chi connectivity index (χ2n) is 4.77. The van der Waals surface area contributed by atoms with Gasteiger partial charge in [0.05, 0.1) is 0 Å². The second kappa shape index (κ2) is 4.35. The smallest absolute Gasteiger partial charge is 0.0342 e. The van der Waals surface area contributed by atoms with Gasteiger partial charge in [-0.15, -0.1) is 0 Å². The van der Waals surface area contributed by atoms with Crippen molar-refractivity contribution < 1.29 is 0 Å². The summed E-state index contributed by atoms with van der Waals surface area (Å²) in [6, 6.07) is 0.798. The summed E-state index contributed by atoms with van der Waals surface area (Å²) in [6.07, 6.45) is 10.1. The zero-order valence-corrected chi connectivity index (χ0v) is 9.65. The van der Waals surface area contributed by atoms with Gasteiger partial charge in [0.2, 0.25) is 0 Å². The lowest BCUT2D eigenvalue weighted by atomic mass is 10.1. The first-order chi connectivity index (χ1) is 7.93. The largest absolute Gasteiger partial charge is 0.369 e. The Kier molecular flexibility index (Phi) is 2.71. The second-order valence-corrected chi connectivity index (χ2v) is 4.77. The molecule has 16 heavy (non-hydrogen) atoms. The predicted molar refractivity (Wildman–Crippen MR) is 65.8 cm³/mol. The first-order valence-corrected chi connectivity index (χ1v) is 6.27. The molecule has 0 spiro atoms. The van der Waals surface area contributed by atoms with Crippen LogP contribution in [-0.4, -0.2) is 42.0 Å². The Labute approximate surface area is 97.6 Å². The van der Waals surface area contributed by atoms with Crippen LogP contribution in [0.3, 0.4) is 0 Å². The van der Waals surface area contributed by atoms with Gasteiger partial charge in [-0.25, -0.2) is 0 Å². The van der Waals surface area contributed by atoms with Gasteiger partial charge in [-0.1, -0.05) is 11.8 Å². The molecule has 3 rings (SSSR count). The number of nitrogens with zero attached hydrogens (tertiary/aromatic N) is 2. The van der Waals surface area contributed by atoms with Crippen molar-refractivity contribution in [3.63, 3.8) is 0 Å². The first kappa shape index (κ1) is 9.99. The number of allylic oxidation sites excluding steroid dienone is 3. The van der Waals surface area contributed by atoms with E-state index in [-0.39, 0.29) is 0 Å². The number of hydrogen-bond donors (Lipinski definition) is 0. The van der Waals surface area contributed by atoms with Crippen LogP contribution in [-0.2, 0) is 0 Å². The van der Waals surface area contributed by atoms with E-state index >= 15 is 0 Å². The van der Waals surface area contributed by atoms with Crippen LogP contribution >= 0.6 is 0 Å². The van der Waals surface area contributed by atoms with E-state index in [1.807, 2.05) is 6.08 Å². The van der Waals surface area contributed by atoms with Crippen molar-refractivity contribution in [3.8, 4) is 11.8 Å². The molecule has 2 nitrogen and oxygen atoms in total. The normalized spacial score (nSPS) is 29.1. The van der Waals surface area contributed by atoms with Crippen LogP contribution in [0.25, 0.3) is 0 Å². The summed E-state index contributed by atoms with van der Waals surface area (Å²) in [7, 11) is 0. The third kappa shape index (κ3) is 1.88. The van der Waals surface area contributed by atoms with Gasteiger partial charge in [0.15, 0.2) is 0 Å². The lowest BCUT2D eigenvalue weighted by Gasteiger charge is -2.39. The summed E-state index contributed by atoms with van der Waals surface area (Å²) >= 11 is 0. The Balaban J connectivity index is 1.70. The Morgan fingerprint density at radius 3 is 3.25 bits per heavy atom. The molecule has 0 aromatic carbocycles. The predicted octanol–water partition coefficient (Wildman–Crippen LogP) is 1.61. The van der Waals surface area contributed by atoms with Crippen molar-refractivity contribution in [1.82, 2.24) is 9.80 Å². The molecule has 2 saturated heterocycles. The zero-order chi connectivity index (χ0) is 10.8. The molecule has 1 unspecified atom stereocenters. The quantitative estimate of drug-likeness (QED) is 0.612. The summed E-state index contributed by atoms with van der Waals surface area (Å²) in [4.78, 5) is 5.17. The SMILES string of the molecule is C1#CCC=C(N2CCN3CCCC3C2)C=C1. The fourth-order valence-corrected chi connectivity index (χ4v) is 2.93. The van der Waals surface area contributed by atoms with Crippen LogP contribution in [0.15, 0.2) is 23.9 Å². The summed E-state index contributed by atoms with van der Waals surface area (Å²) in [5.74, 6) is 6.16. The zero-order valence-electron chi connectivity index (χ0n) is 9.65. The lowest BCUT2D eigenvalue weighted by Crippen LogP contribution is -2.49. The van der Waals surface area contributed by atoms with Crippen LogP contribution < -0.4 is 0 Å².